The van der Waals surface area contributed by atoms with Crippen LogP contribution in [0.1, 0.15) is 57.8 Å². The number of piperidine rings is 1. The van der Waals surface area contributed by atoms with Gasteiger partial charge in [-0.15, -0.1) is 0 Å². The van der Waals surface area contributed by atoms with Gasteiger partial charge in [-0.25, -0.2) is 0 Å². The Morgan fingerprint density at radius 3 is 2.67 bits per heavy atom. The molecule has 6 heteroatoms. The Bertz CT molecular complexity index is 683. The van der Waals surface area contributed by atoms with Crippen LogP contribution in [0.4, 0.5) is 11.4 Å². The van der Waals surface area contributed by atoms with Crippen LogP contribution in [0.25, 0.3) is 0 Å². The van der Waals surface area contributed by atoms with Crippen LogP contribution in [0.2, 0.25) is 0 Å². The highest BCUT2D eigenvalue weighted by Gasteiger charge is 2.33. The van der Waals surface area contributed by atoms with Crippen LogP contribution in [0.3, 0.4) is 0 Å². The first kappa shape index (κ1) is 19.7. The Morgan fingerprint density at radius 1 is 1.22 bits per heavy atom. The summed E-state index contributed by atoms with van der Waals surface area (Å²) in [5, 5.41) is 3.01. The molecule has 1 aromatic carbocycles. The molecule has 0 spiro atoms. The van der Waals surface area contributed by atoms with Crippen LogP contribution in [0, 0.1) is 5.41 Å². The van der Waals surface area contributed by atoms with Gasteiger partial charge in [-0.1, -0.05) is 19.3 Å². The molecule has 2 aliphatic rings. The first-order valence-corrected chi connectivity index (χ1v) is 10.1. The van der Waals surface area contributed by atoms with Gasteiger partial charge >= 0.3 is 0 Å². The largest absolute Gasteiger partial charge is 0.495 e. The average molecular weight is 373 g/mol. The molecule has 2 amide bonds. The summed E-state index contributed by atoms with van der Waals surface area (Å²) in [6.45, 7) is 1.24. The number of carbonyl (C=O) groups is 2. The Labute approximate surface area is 161 Å². The third-order valence-corrected chi connectivity index (χ3v) is 5.96. The lowest BCUT2D eigenvalue weighted by molar-refractivity contribution is -0.120. The number of methoxy groups -OCH3 is 1. The van der Waals surface area contributed by atoms with Crippen LogP contribution in [-0.2, 0) is 9.59 Å². The van der Waals surface area contributed by atoms with E-state index in [0.717, 1.165) is 44.2 Å². The number of carbonyl (C=O) groups excluding carboxylic acids is 2. The fourth-order valence-corrected chi connectivity index (χ4v) is 4.34. The van der Waals surface area contributed by atoms with Gasteiger partial charge in [0.1, 0.15) is 5.75 Å². The number of nitrogens with two attached hydrogens (primary N) is 1. The van der Waals surface area contributed by atoms with E-state index in [2.05, 4.69) is 5.32 Å². The number of hydrogen-bond acceptors (Lipinski definition) is 4. The van der Waals surface area contributed by atoms with Crippen LogP contribution in [-0.4, -0.2) is 32.0 Å². The Kier molecular flexibility index (Phi) is 6.37. The molecular weight excluding hydrogens is 342 g/mol. The molecule has 1 saturated carbocycles. The molecule has 1 saturated heterocycles. The number of nitrogens with one attached hydrogen (secondary N) is 1. The predicted molar refractivity (Wildman–Crippen MR) is 107 cm³/mol. The van der Waals surface area contributed by atoms with Crippen molar-refractivity contribution in [2.75, 3.05) is 30.4 Å². The van der Waals surface area contributed by atoms with Crippen molar-refractivity contribution in [3.63, 3.8) is 0 Å². The molecule has 0 radical (unpaired) electrons. The highest BCUT2D eigenvalue weighted by molar-refractivity contribution is 5.97. The van der Waals surface area contributed by atoms with Crippen LogP contribution in [0.15, 0.2) is 18.2 Å². The van der Waals surface area contributed by atoms with Crippen molar-refractivity contribution < 1.29 is 14.3 Å². The van der Waals surface area contributed by atoms with Crippen molar-refractivity contribution in [2.24, 2.45) is 11.1 Å². The van der Waals surface area contributed by atoms with Crippen molar-refractivity contribution in [3.05, 3.63) is 18.2 Å². The number of amides is 2. The third-order valence-electron chi connectivity index (χ3n) is 5.96. The van der Waals surface area contributed by atoms with Gasteiger partial charge in [0.15, 0.2) is 0 Å². The minimum atomic E-state index is -0.0690. The number of rotatable bonds is 6. The minimum Gasteiger partial charge on any atom is -0.495 e. The fraction of sp³-hybridized carbons (Fsp3) is 0.619. The van der Waals surface area contributed by atoms with Gasteiger partial charge in [0.2, 0.25) is 11.8 Å². The van der Waals surface area contributed by atoms with E-state index in [4.69, 9.17) is 10.5 Å². The maximum atomic E-state index is 12.7. The number of nitrogens with zero attached hydrogens (tertiary/aromatic N) is 1. The average Bonchev–Trinajstić information content (AvgIpc) is 2.69. The quantitative estimate of drug-likeness (QED) is 0.800. The van der Waals surface area contributed by atoms with E-state index in [1.165, 1.54) is 6.42 Å². The van der Waals surface area contributed by atoms with Gasteiger partial charge < -0.3 is 20.7 Å². The van der Waals surface area contributed by atoms with E-state index in [-0.39, 0.29) is 17.2 Å². The lowest BCUT2D eigenvalue weighted by Gasteiger charge is -2.35. The normalized spacial score (nSPS) is 19.6. The summed E-state index contributed by atoms with van der Waals surface area (Å²) < 4.78 is 5.44. The lowest BCUT2D eigenvalue weighted by atomic mass is 9.71. The highest BCUT2D eigenvalue weighted by atomic mass is 16.5. The van der Waals surface area contributed by atoms with Crippen molar-refractivity contribution >= 4 is 23.2 Å². The molecule has 2 fully saturated rings. The maximum Gasteiger partial charge on any atom is 0.227 e. The van der Waals surface area contributed by atoms with Gasteiger partial charge in [0.25, 0.3) is 0 Å². The number of benzene rings is 1. The second-order valence-electron chi connectivity index (χ2n) is 7.88. The highest BCUT2D eigenvalue weighted by Crippen LogP contribution is 2.39. The van der Waals surface area contributed by atoms with E-state index >= 15 is 0 Å². The van der Waals surface area contributed by atoms with Crippen molar-refractivity contribution in [2.45, 2.75) is 57.8 Å². The molecule has 1 aliphatic carbocycles. The second kappa shape index (κ2) is 8.74. The Morgan fingerprint density at radius 2 is 2.00 bits per heavy atom. The zero-order chi connectivity index (χ0) is 19.3. The van der Waals surface area contributed by atoms with Gasteiger partial charge in [0, 0.05) is 25.1 Å². The Hall–Kier alpha value is -2.08. The SMILES string of the molecule is COc1ccc(NC(=O)CC2(CN)CCCCC2)cc1N1CCCCC1=O. The summed E-state index contributed by atoms with van der Waals surface area (Å²) in [4.78, 5) is 26.7. The maximum absolute atomic E-state index is 12.7. The molecule has 0 unspecified atom stereocenters. The van der Waals surface area contributed by atoms with Gasteiger partial charge in [0.05, 0.1) is 12.8 Å². The predicted octanol–water partition coefficient (Wildman–Crippen LogP) is 3.45. The molecule has 6 nitrogen and oxygen atoms in total. The summed E-state index contributed by atoms with van der Waals surface area (Å²) in [6, 6.07) is 5.48. The van der Waals surface area contributed by atoms with E-state index in [1.807, 2.05) is 18.2 Å². The van der Waals surface area contributed by atoms with Gasteiger partial charge in [-0.2, -0.15) is 0 Å². The lowest BCUT2D eigenvalue weighted by Crippen LogP contribution is -2.36. The molecule has 3 rings (SSSR count). The fourth-order valence-electron chi connectivity index (χ4n) is 4.34. The molecular formula is C21H31N3O3. The topological polar surface area (TPSA) is 84.7 Å². The third kappa shape index (κ3) is 4.61. The molecule has 1 aromatic rings. The summed E-state index contributed by atoms with van der Waals surface area (Å²) in [5.41, 5.74) is 7.36. The standard InChI is InChI=1S/C21H31N3O3/c1-27-18-9-8-16(13-17(18)24-12-6-3-7-20(24)26)23-19(25)14-21(15-22)10-4-2-5-11-21/h8-9,13H,2-7,10-12,14-15,22H2,1H3,(H,23,25). The van der Waals surface area contributed by atoms with E-state index in [9.17, 15) is 9.59 Å². The van der Waals surface area contributed by atoms with Crippen molar-refractivity contribution in [1.29, 1.82) is 0 Å². The second-order valence-corrected chi connectivity index (χ2v) is 7.88. The van der Waals surface area contributed by atoms with Crippen LogP contribution < -0.4 is 20.7 Å². The molecule has 0 atom stereocenters. The monoisotopic (exact) mass is 373 g/mol. The van der Waals surface area contributed by atoms with Crippen LogP contribution in [0.5, 0.6) is 5.75 Å². The Balaban J connectivity index is 1.73. The van der Waals surface area contributed by atoms with Crippen molar-refractivity contribution in [1.82, 2.24) is 0 Å². The molecule has 0 bridgehead atoms. The first-order chi connectivity index (χ1) is 13.1. The summed E-state index contributed by atoms with van der Waals surface area (Å²) >= 11 is 0. The molecule has 3 N–H and O–H groups in total. The van der Waals surface area contributed by atoms with E-state index in [1.54, 1.807) is 12.0 Å². The molecule has 0 aromatic heterocycles. The number of anilines is 2. The zero-order valence-corrected chi connectivity index (χ0v) is 16.3. The summed E-state index contributed by atoms with van der Waals surface area (Å²) in [7, 11) is 1.60. The minimum absolute atomic E-state index is 0.0107. The summed E-state index contributed by atoms with van der Waals surface area (Å²) in [6.07, 6.45) is 8.48. The molecule has 1 heterocycles. The number of hydrogen-bond donors (Lipinski definition) is 2. The molecule has 1 aliphatic heterocycles. The zero-order valence-electron chi connectivity index (χ0n) is 16.3. The van der Waals surface area contributed by atoms with Crippen LogP contribution >= 0.6 is 0 Å². The van der Waals surface area contributed by atoms with E-state index < -0.39 is 0 Å². The number of ether oxygens (including phenoxy) is 1. The van der Waals surface area contributed by atoms with Gasteiger partial charge in [-0.05, 0) is 55.8 Å². The molecule has 27 heavy (non-hydrogen) atoms. The summed E-state index contributed by atoms with van der Waals surface area (Å²) in [5.74, 6) is 0.740. The van der Waals surface area contributed by atoms with E-state index in [0.29, 0.717) is 37.4 Å². The van der Waals surface area contributed by atoms with Gasteiger partial charge in [-0.3, -0.25) is 9.59 Å². The smallest absolute Gasteiger partial charge is 0.227 e. The first-order valence-electron chi connectivity index (χ1n) is 10.1. The van der Waals surface area contributed by atoms with Crippen molar-refractivity contribution in [3.8, 4) is 5.75 Å². The molecule has 148 valence electrons.